The molecule has 1 saturated carbocycles. The molecule has 20 heavy (non-hydrogen) atoms. The number of pyridine rings is 1. The molecule has 4 nitrogen and oxygen atoms in total. The Balaban J connectivity index is 1.94. The van der Waals surface area contributed by atoms with E-state index in [0.29, 0.717) is 11.7 Å². The number of imide groups is 1. The molecule has 1 aliphatic carbocycles. The summed E-state index contributed by atoms with van der Waals surface area (Å²) < 4.78 is 0.851. The van der Waals surface area contributed by atoms with Crippen molar-refractivity contribution in [2.45, 2.75) is 33.1 Å². The number of rotatable bonds is 2. The standard InChI is InChI=1S/C15H17BrN2O2/c1-3-9-5-11-12(6-9)15(20)18(14(11)19)13-8(2)4-10(16)7-17-13/h4,7,9,11-12H,3,5-6H2,1-2H3. The summed E-state index contributed by atoms with van der Waals surface area (Å²) in [6.07, 6.45) is 4.37. The van der Waals surface area contributed by atoms with Crippen LogP contribution in [0.1, 0.15) is 31.7 Å². The van der Waals surface area contributed by atoms with E-state index < -0.39 is 0 Å². The highest BCUT2D eigenvalue weighted by atomic mass is 79.9. The van der Waals surface area contributed by atoms with Crippen molar-refractivity contribution in [2.75, 3.05) is 4.90 Å². The van der Waals surface area contributed by atoms with Crippen LogP contribution in [0.25, 0.3) is 0 Å². The Morgan fingerprint density at radius 3 is 2.40 bits per heavy atom. The molecule has 1 aromatic rings. The quantitative estimate of drug-likeness (QED) is 0.780. The maximum atomic E-state index is 12.5. The van der Waals surface area contributed by atoms with Gasteiger partial charge in [-0.3, -0.25) is 9.59 Å². The lowest BCUT2D eigenvalue weighted by atomic mass is 10.00. The van der Waals surface area contributed by atoms with Gasteiger partial charge in [0.15, 0.2) is 0 Å². The molecule has 1 saturated heterocycles. The zero-order chi connectivity index (χ0) is 14.4. The number of halogens is 1. The van der Waals surface area contributed by atoms with E-state index in [0.717, 1.165) is 29.3 Å². The maximum absolute atomic E-state index is 12.5. The molecule has 0 bridgehead atoms. The molecule has 1 aliphatic heterocycles. The molecule has 3 rings (SSSR count). The topological polar surface area (TPSA) is 50.3 Å². The molecule has 2 fully saturated rings. The minimum absolute atomic E-state index is 0.0612. The summed E-state index contributed by atoms with van der Waals surface area (Å²) in [5.41, 5.74) is 0.841. The predicted molar refractivity (Wildman–Crippen MR) is 79.2 cm³/mol. The van der Waals surface area contributed by atoms with Crippen molar-refractivity contribution in [1.29, 1.82) is 0 Å². The van der Waals surface area contributed by atoms with E-state index >= 15 is 0 Å². The van der Waals surface area contributed by atoms with Gasteiger partial charge >= 0.3 is 0 Å². The van der Waals surface area contributed by atoms with E-state index in [1.165, 1.54) is 4.90 Å². The van der Waals surface area contributed by atoms with Crippen LogP contribution in [-0.2, 0) is 9.59 Å². The number of nitrogens with zero attached hydrogens (tertiary/aromatic N) is 2. The summed E-state index contributed by atoms with van der Waals surface area (Å²) in [6.45, 7) is 4.00. The second kappa shape index (κ2) is 4.95. The average molecular weight is 337 g/mol. The van der Waals surface area contributed by atoms with Gasteiger partial charge in [-0.15, -0.1) is 0 Å². The summed E-state index contributed by atoms with van der Waals surface area (Å²) in [5, 5.41) is 0. The minimum Gasteiger partial charge on any atom is -0.274 e. The van der Waals surface area contributed by atoms with E-state index in [2.05, 4.69) is 27.8 Å². The average Bonchev–Trinajstić information content (AvgIpc) is 2.93. The SMILES string of the molecule is CCC1CC2C(=O)N(c3ncc(Br)cc3C)C(=O)C2C1. The van der Waals surface area contributed by atoms with Crippen molar-refractivity contribution in [3.63, 3.8) is 0 Å². The summed E-state index contributed by atoms with van der Waals surface area (Å²) in [6, 6.07) is 1.88. The summed E-state index contributed by atoms with van der Waals surface area (Å²) in [7, 11) is 0. The van der Waals surface area contributed by atoms with Crippen LogP contribution < -0.4 is 4.90 Å². The van der Waals surface area contributed by atoms with E-state index in [1.807, 2.05) is 13.0 Å². The normalized spacial score (nSPS) is 29.1. The molecule has 2 unspecified atom stereocenters. The van der Waals surface area contributed by atoms with Crippen molar-refractivity contribution in [1.82, 2.24) is 4.98 Å². The molecule has 2 amide bonds. The molecule has 1 aromatic heterocycles. The van der Waals surface area contributed by atoms with Crippen LogP contribution in [0.15, 0.2) is 16.7 Å². The lowest BCUT2D eigenvalue weighted by Crippen LogP contribution is -2.33. The number of anilines is 1. The van der Waals surface area contributed by atoms with Gasteiger partial charge < -0.3 is 0 Å². The molecular weight excluding hydrogens is 320 g/mol. The number of hydrogen-bond acceptors (Lipinski definition) is 3. The molecule has 106 valence electrons. The second-order valence-electron chi connectivity index (χ2n) is 5.76. The van der Waals surface area contributed by atoms with Crippen molar-refractivity contribution in [2.24, 2.45) is 17.8 Å². The second-order valence-corrected chi connectivity index (χ2v) is 6.68. The van der Waals surface area contributed by atoms with E-state index in [4.69, 9.17) is 0 Å². The lowest BCUT2D eigenvalue weighted by molar-refractivity contribution is -0.123. The number of carbonyl (C=O) groups excluding carboxylic acids is 2. The first-order valence-corrected chi connectivity index (χ1v) is 7.82. The first-order chi connectivity index (χ1) is 9.52. The predicted octanol–water partition coefficient (Wildman–Crippen LogP) is 3.08. The largest absolute Gasteiger partial charge is 0.274 e. The first-order valence-electron chi connectivity index (χ1n) is 7.02. The van der Waals surface area contributed by atoms with Crippen molar-refractivity contribution < 1.29 is 9.59 Å². The molecular formula is C15H17BrN2O2. The van der Waals surface area contributed by atoms with Gasteiger partial charge in [-0.1, -0.05) is 13.3 Å². The zero-order valence-corrected chi connectivity index (χ0v) is 13.2. The van der Waals surface area contributed by atoms with Gasteiger partial charge in [-0.2, -0.15) is 0 Å². The fourth-order valence-corrected chi connectivity index (χ4v) is 3.88. The van der Waals surface area contributed by atoms with Gasteiger partial charge in [0.2, 0.25) is 11.8 Å². The highest BCUT2D eigenvalue weighted by molar-refractivity contribution is 9.10. The monoisotopic (exact) mass is 336 g/mol. The van der Waals surface area contributed by atoms with Crippen LogP contribution in [0, 0.1) is 24.7 Å². The molecule has 0 N–H and O–H groups in total. The minimum atomic E-state index is -0.128. The van der Waals surface area contributed by atoms with Gasteiger partial charge in [0.1, 0.15) is 5.82 Å². The molecule has 0 spiro atoms. The zero-order valence-electron chi connectivity index (χ0n) is 11.6. The van der Waals surface area contributed by atoms with Crippen molar-refractivity contribution in [3.05, 3.63) is 22.3 Å². The Bertz CT molecular complexity index is 563. The van der Waals surface area contributed by atoms with Gasteiger partial charge in [0.25, 0.3) is 0 Å². The summed E-state index contributed by atoms with van der Waals surface area (Å²) >= 11 is 3.35. The molecule has 0 aromatic carbocycles. The molecule has 2 heterocycles. The Kier molecular flexibility index (Phi) is 3.40. The third-order valence-electron chi connectivity index (χ3n) is 4.54. The van der Waals surface area contributed by atoms with Crippen LogP contribution in [0.4, 0.5) is 5.82 Å². The molecule has 0 radical (unpaired) electrons. The van der Waals surface area contributed by atoms with Gasteiger partial charge in [-0.25, -0.2) is 9.88 Å². The fourth-order valence-electron chi connectivity index (χ4n) is 3.44. The van der Waals surface area contributed by atoms with Crippen molar-refractivity contribution >= 4 is 33.6 Å². The number of hydrogen-bond donors (Lipinski definition) is 0. The highest BCUT2D eigenvalue weighted by Gasteiger charge is 2.53. The Morgan fingerprint density at radius 1 is 1.30 bits per heavy atom. The van der Waals surface area contributed by atoms with Crippen LogP contribution in [0.3, 0.4) is 0 Å². The number of amides is 2. The number of aryl methyl sites for hydroxylation is 1. The van der Waals surface area contributed by atoms with Gasteiger partial charge in [0, 0.05) is 10.7 Å². The van der Waals surface area contributed by atoms with E-state index in [1.54, 1.807) is 6.20 Å². The van der Waals surface area contributed by atoms with Crippen LogP contribution >= 0.6 is 15.9 Å². The smallest absolute Gasteiger partial charge is 0.238 e. The number of fused-ring (bicyclic) bond motifs is 1. The molecule has 2 aliphatic rings. The Hall–Kier alpha value is -1.23. The fraction of sp³-hybridized carbons (Fsp3) is 0.533. The third kappa shape index (κ3) is 1.99. The Labute approximate surface area is 126 Å². The Morgan fingerprint density at radius 2 is 1.90 bits per heavy atom. The van der Waals surface area contributed by atoms with Crippen molar-refractivity contribution in [3.8, 4) is 0 Å². The van der Waals surface area contributed by atoms with Crippen LogP contribution in [0.5, 0.6) is 0 Å². The summed E-state index contributed by atoms with van der Waals surface area (Å²) in [4.78, 5) is 30.7. The lowest BCUT2D eigenvalue weighted by Gasteiger charge is -2.18. The third-order valence-corrected chi connectivity index (χ3v) is 4.98. The number of carbonyl (C=O) groups is 2. The molecule has 2 atom stereocenters. The van der Waals surface area contributed by atoms with Crippen LogP contribution in [-0.4, -0.2) is 16.8 Å². The van der Waals surface area contributed by atoms with E-state index in [9.17, 15) is 9.59 Å². The maximum Gasteiger partial charge on any atom is 0.238 e. The van der Waals surface area contributed by atoms with E-state index in [-0.39, 0.29) is 23.7 Å². The highest BCUT2D eigenvalue weighted by Crippen LogP contribution is 2.45. The summed E-state index contributed by atoms with van der Waals surface area (Å²) in [5.74, 6) is 0.627. The molecule has 5 heteroatoms. The first kappa shape index (κ1) is 13.7. The number of aromatic nitrogens is 1. The van der Waals surface area contributed by atoms with Gasteiger partial charge in [0.05, 0.1) is 11.8 Å². The van der Waals surface area contributed by atoms with Gasteiger partial charge in [-0.05, 0) is 53.2 Å². The van der Waals surface area contributed by atoms with Crippen LogP contribution in [0.2, 0.25) is 0 Å².